The van der Waals surface area contributed by atoms with Crippen molar-refractivity contribution in [1.82, 2.24) is 5.32 Å². The van der Waals surface area contributed by atoms with Gasteiger partial charge < -0.3 is 5.32 Å². The topological polar surface area (TPSA) is 12.0 Å². The molecule has 2 aliphatic rings. The smallest absolute Gasteiger partial charge is 0.00682 e. The van der Waals surface area contributed by atoms with E-state index in [0.717, 1.165) is 12.0 Å². The van der Waals surface area contributed by atoms with Crippen molar-refractivity contribution in [2.75, 3.05) is 18.1 Å². The molecule has 0 aromatic rings. The number of thioether (sulfide) groups is 1. The van der Waals surface area contributed by atoms with Gasteiger partial charge in [0.25, 0.3) is 0 Å². The minimum Gasteiger partial charge on any atom is -0.314 e. The highest BCUT2D eigenvalue weighted by Crippen LogP contribution is 2.27. The van der Waals surface area contributed by atoms with E-state index in [2.05, 4.69) is 17.1 Å². The largest absolute Gasteiger partial charge is 0.314 e. The van der Waals surface area contributed by atoms with Crippen LogP contribution in [0.5, 0.6) is 0 Å². The fourth-order valence-corrected chi connectivity index (χ4v) is 3.38. The second-order valence-corrected chi connectivity index (χ2v) is 5.96. The minimum atomic E-state index is 0.898. The van der Waals surface area contributed by atoms with Gasteiger partial charge in [0.05, 0.1) is 0 Å². The van der Waals surface area contributed by atoms with Gasteiger partial charge in [-0.05, 0) is 56.1 Å². The first-order chi connectivity index (χ1) is 6.95. The molecule has 0 radical (unpaired) electrons. The lowest BCUT2D eigenvalue weighted by Gasteiger charge is -2.08. The highest BCUT2D eigenvalue weighted by atomic mass is 32.2. The quantitative estimate of drug-likeness (QED) is 0.652. The van der Waals surface area contributed by atoms with Crippen molar-refractivity contribution < 1.29 is 0 Å². The molecule has 0 unspecified atom stereocenters. The summed E-state index contributed by atoms with van der Waals surface area (Å²) in [6, 6.07) is 0.898. The average molecular weight is 213 g/mol. The Labute approximate surface area is 92.4 Å². The van der Waals surface area contributed by atoms with E-state index in [-0.39, 0.29) is 0 Å². The van der Waals surface area contributed by atoms with Crippen molar-refractivity contribution in [2.24, 2.45) is 5.92 Å². The van der Waals surface area contributed by atoms with Crippen molar-refractivity contribution >= 4 is 11.8 Å². The molecule has 0 aromatic heterocycles. The molecule has 0 saturated heterocycles. The second-order valence-electron chi connectivity index (χ2n) is 4.81. The Morgan fingerprint density at radius 3 is 2.57 bits per heavy atom. The highest BCUT2D eigenvalue weighted by Gasteiger charge is 2.19. The zero-order chi connectivity index (χ0) is 9.64. The average Bonchev–Trinajstić information content (AvgIpc) is 2.87. The van der Waals surface area contributed by atoms with Gasteiger partial charge in [0.2, 0.25) is 0 Å². The zero-order valence-electron chi connectivity index (χ0n) is 9.13. The van der Waals surface area contributed by atoms with Crippen LogP contribution in [0.1, 0.15) is 44.9 Å². The molecule has 1 nitrogen and oxygen atoms in total. The van der Waals surface area contributed by atoms with Gasteiger partial charge >= 0.3 is 0 Å². The van der Waals surface area contributed by atoms with Crippen LogP contribution >= 0.6 is 11.8 Å². The van der Waals surface area contributed by atoms with Crippen LogP contribution in [0.3, 0.4) is 0 Å². The van der Waals surface area contributed by atoms with Gasteiger partial charge in [-0.15, -0.1) is 0 Å². The molecule has 2 saturated carbocycles. The molecule has 0 amide bonds. The molecule has 14 heavy (non-hydrogen) atoms. The summed E-state index contributed by atoms with van der Waals surface area (Å²) in [6.07, 6.45) is 10.2. The molecule has 2 heteroatoms. The van der Waals surface area contributed by atoms with Crippen molar-refractivity contribution in [3.8, 4) is 0 Å². The van der Waals surface area contributed by atoms with Crippen molar-refractivity contribution in [3.05, 3.63) is 0 Å². The molecule has 0 heterocycles. The third-order valence-corrected chi connectivity index (χ3v) is 4.59. The first-order valence-electron chi connectivity index (χ1n) is 6.26. The van der Waals surface area contributed by atoms with Crippen LogP contribution in [-0.4, -0.2) is 24.1 Å². The Balaban J connectivity index is 1.35. The molecule has 0 spiro atoms. The summed E-state index contributed by atoms with van der Waals surface area (Å²) in [6.45, 7) is 1.25. The van der Waals surface area contributed by atoms with Gasteiger partial charge in [-0.3, -0.25) is 0 Å². The molecule has 0 atom stereocenters. The maximum absolute atomic E-state index is 3.57. The van der Waals surface area contributed by atoms with E-state index >= 15 is 0 Å². The Morgan fingerprint density at radius 2 is 1.86 bits per heavy atom. The van der Waals surface area contributed by atoms with Crippen LogP contribution in [0.4, 0.5) is 0 Å². The van der Waals surface area contributed by atoms with E-state index in [1.54, 1.807) is 0 Å². The maximum Gasteiger partial charge on any atom is 0.00682 e. The predicted molar refractivity (Wildman–Crippen MR) is 64.9 cm³/mol. The van der Waals surface area contributed by atoms with Gasteiger partial charge in [0, 0.05) is 6.04 Å². The van der Waals surface area contributed by atoms with Gasteiger partial charge in [-0.25, -0.2) is 0 Å². The summed E-state index contributed by atoms with van der Waals surface area (Å²) in [4.78, 5) is 0. The number of hydrogen-bond acceptors (Lipinski definition) is 2. The molecule has 0 aliphatic heterocycles. The summed E-state index contributed by atoms with van der Waals surface area (Å²) in [7, 11) is 0. The number of rotatable bonds is 7. The third-order valence-electron chi connectivity index (χ3n) is 3.30. The molecule has 0 bridgehead atoms. The van der Waals surface area contributed by atoms with E-state index in [4.69, 9.17) is 0 Å². The molecule has 2 fully saturated rings. The van der Waals surface area contributed by atoms with E-state index in [1.165, 1.54) is 63.0 Å². The third kappa shape index (κ3) is 4.22. The maximum atomic E-state index is 3.57. The van der Waals surface area contributed by atoms with Gasteiger partial charge in [0.15, 0.2) is 0 Å². The van der Waals surface area contributed by atoms with E-state index in [9.17, 15) is 0 Å². The SMILES string of the molecule is C(CNC1CC1)CSCC1CCCC1. The van der Waals surface area contributed by atoms with Crippen LogP contribution in [-0.2, 0) is 0 Å². The zero-order valence-corrected chi connectivity index (χ0v) is 9.95. The van der Waals surface area contributed by atoms with Gasteiger partial charge in [0.1, 0.15) is 0 Å². The Kier molecular flexibility index (Phi) is 4.65. The summed E-state index contributed by atoms with van der Waals surface area (Å²) in [5.41, 5.74) is 0. The summed E-state index contributed by atoms with van der Waals surface area (Å²) >= 11 is 2.18. The molecular formula is C12H23NS. The molecule has 2 aliphatic carbocycles. The monoisotopic (exact) mass is 213 g/mol. The molecular weight excluding hydrogens is 190 g/mol. The first-order valence-corrected chi connectivity index (χ1v) is 7.42. The molecule has 2 rings (SSSR count). The van der Waals surface area contributed by atoms with Gasteiger partial charge in [-0.2, -0.15) is 11.8 Å². The van der Waals surface area contributed by atoms with Crippen LogP contribution in [0.25, 0.3) is 0 Å². The van der Waals surface area contributed by atoms with Crippen LogP contribution in [0.2, 0.25) is 0 Å². The number of hydrogen-bond donors (Lipinski definition) is 1. The fraction of sp³-hybridized carbons (Fsp3) is 1.00. The predicted octanol–water partition coefficient (Wildman–Crippen LogP) is 3.05. The van der Waals surface area contributed by atoms with E-state index in [1.807, 2.05) is 0 Å². The Bertz CT molecular complexity index is 150. The lowest BCUT2D eigenvalue weighted by atomic mass is 10.1. The summed E-state index contributed by atoms with van der Waals surface area (Å²) in [5.74, 6) is 3.87. The normalized spacial score (nSPS) is 23.1. The molecule has 1 N–H and O–H groups in total. The van der Waals surface area contributed by atoms with Crippen molar-refractivity contribution in [1.29, 1.82) is 0 Å². The van der Waals surface area contributed by atoms with Crippen LogP contribution in [0.15, 0.2) is 0 Å². The van der Waals surface area contributed by atoms with Crippen LogP contribution < -0.4 is 5.32 Å². The lowest BCUT2D eigenvalue weighted by molar-refractivity contribution is 0.622. The minimum absolute atomic E-state index is 0.898. The number of nitrogens with one attached hydrogen (secondary N) is 1. The second kappa shape index (κ2) is 6.02. The standard InChI is InChI=1S/C12H23NS/c1-2-5-11(4-1)10-14-9-3-8-13-12-6-7-12/h11-13H,1-10H2. The highest BCUT2D eigenvalue weighted by molar-refractivity contribution is 7.99. The van der Waals surface area contributed by atoms with Gasteiger partial charge in [-0.1, -0.05) is 12.8 Å². The Hall–Kier alpha value is 0.310. The van der Waals surface area contributed by atoms with Crippen molar-refractivity contribution in [2.45, 2.75) is 51.0 Å². The van der Waals surface area contributed by atoms with Crippen LogP contribution in [0, 0.1) is 5.92 Å². The van der Waals surface area contributed by atoms with E-state index in [0.29, 0.717) is 0 Å². The van der Waals surface area contributed by atoms with E-state index < -0.39 is 0 Å². The summed E-state index contributed by atoms with van der Waals surface area (Å²) < 4.78 is 0. The molecule has 0 aromatic carbocycles. The summed E-state index contributed by atoms with van der Waals surface area (Å²) in [5, 5.41) is 3.57. The Morgan fingerprint density at radius 1 is 1.07 bits per heavy atom. The molecule has 82 valence electrons. The lowest BCUT2D eigenvalue weighted by Crippen LogP contribution is -2.17. The van der Waals surface area contributed by atoms with Crippen molar-refractivity contribution in [3.63, 3.8) is 0 Å². The fourth-order valence-electron chi connectivity index (χ4n) is 2.19. The first kappa shape index (κ1) is 10.8.